The molecule has 1 saturated heterocycles. The van der Waals surface area contributed by atoms with Crippen LogP contribution in [0.25, 0.3) is 0 Å². The number of nitrogens with one attached hydrogen (secondary N) is 1. The Hall–Kier alpha value is -2.79. The average Bonchev–Trinajstić information content (AvgIpc) is 2.70. The highest BCUT2D eigenvalue weighted by Gasteiger charge is 2.44. The molecule has 1 aromatic rings. The number of rotatable bonds is 2. The number of methoxy groups -OCH3 is 1. The van der Waals surface area contributed by atoms with Crippen LogP contribution >= 0.6 is 0 Å². The predicted octanol–water partition coefficient (Wildman–Crippen LogP) is 1.73. The van der Waals surface area contributed by atoms with Gasteiger partial charge in [0.1, 0.15) is 17.5 Å². The number of nitriles is 1. The lowest BCUT2D eigenvalue weighted by Gasteiger charge is -2.43. The molecule has 1 aromatic carbocycles. The van der Waals surface area contributed by atoms with E-state index in [1.54, 1.807) is 32.0 Å². The fourth-order valence-corrected chi connectivity index (χ4v) is 3.78. The van der Waals surface area contributed by atoms with E-state index < -0.39 is 29.8 Å². The van der Waals surface area contributed by atoms with Gasteiger partial charge in [-0.2, -0.15) is 5.26 Å². The fraction of sp³-hybridized carbons (Fsp3) is 0.550. The minimum atomic E-state index is -1.00. The number of nitrogens with zero attached hydrogens (tertiary/aromatic N) is 2. The highest BCUT2D eigenvalue weighted by Crippen LogP contribution is 2.40. The van der Waals surface area contributed by atoms with Crippen molar-refractivity contribution < 1.29 is 24.2 Å². The first-order valence-corrected chi connectivity index (χ1v) is 9.31. The summed E-state index contributed by atoms with van der Waals surface area (Å²) in [6, 6.07) is 6.30. The molecule has 1 unspecified atom stereocenters. The molecule has 3 atom stereocenters. The lowest BCUT2D eigenvalue weighted by Crippen LogP contribution is -2.55. The van der Waals surface area contributed by atoms with Crippen LogP contribution in [-0.4, -0.2) is 53.9 Å². The summed E-state index contributed by atoms with van der Waals surface area (Å²) in [5.74, 6) is -0.114. The predicted molar refractivity (Wildman–Crippen MR) is 99.5 cm³/mol. The number of fused-ring (bicyclic) bond motifs is 1. The molecular formula is C20H25N3O5. The van der Waals surface area contributed by atoms with E-state index in [1.165, 1.54) is 12.0 Å². The number of likely N-dealkylation sites (tertiary alicyclic amines) is 1. The molecule has 2 amide bonds. The fourth-order valence-electron chi connectivity index (χ4n) is 3.78. The van der Waals surface area contributed by atoms with Gasteiger partial charge in [0.05, 0.1) is 30.7 Å². The third-order valence-electron chi connectivity index (χ3n) is 5.40. The van der Waals surface area contributed by atoms with Gasteiger partial charge >= 0.3 is 6.09 Å². The Bertz CT molecular complexity index is 817. The van der Waals surface area contributed by atoms with E-state index in [-0.39, 0.29) is 12.5 Å². The SMILES string of the molecule is COC(=O)N1CCCC(C(=O)N[C@@H]2c3cc(C#N)ccc3OC(C)(C)[C@H]2O)C1. The van der Waals surface area contributed by atoms with Crippen molar-refractivity contribution in [1.29, 1.82) is 5.26 Å². The molecule has 1 fully saturated rings. The van der Waals surface area contributed by atoms with E-state index >= 15 is 0 Å². The summed E-state index contributed by atoms with van der Waals surface area (Å²) in [5.41, 5.74) is 0.0758. The zero-order valence-corrected chi connectivity index (χ0v) is 16.3. The highest BCUT2D eigenvalue weighted by atomic mass is 16.5. The van der Waals surface area contributed by atoms with Crippen LogP contribution in [0.2, 0.25) is 0 Å². The van der Waals surface area contributed by atoms with Crippen LogP contribution in [0, 0.1) is 17.2 Å². The largest absolute Gasteiger partial charge is 0.485 e. The third-order valence-corrected chi connectivity index (χ3v) is 5.40. The van der Waals surface area contributed by atoms with Gasteiger partial charge in [0.25, 0.3) is 0 Å². The van der Waals surface area contributed by atoms with E-state index in [9.17, 15) is 20.0 Å². The van der Waals surface area contributed by atoms with E-state index in [0.717, 1.165) is 0 Å². The summed E-state index contributed by atoms with van der Waals surface area (Å²) < 4.78 is 10.6. The average molecular weight is 387 g/mol. The maximum Gasteiger partial charge on any atom is 0.409 e. The maximum atomic E-state index is 12.9. The zero-order chi connectivity index (χ0) is 20.5. The van der Waals surface area contributed by atoms with Crippen molar-refractivity contribution >= 4 is 12.0 Å². The monoisotopic (exact) mass is 387 g/mol. The number of hydrogen-bond donors (Lipinski definition) is 2. The molecule has 0 bridgehead atoms. The van der Waals surface area contributed by atoms with Crippen molar-refractivity contribution in [3.05, 3.63) is 29.3 Å². The second kappa shape index (κ2) is 7.68. The van der Waals surface area contributed by atoms with Crippen molar-refractivity contribution in [2.45, 2.75) is 44.4 Å². The second-order valence-corrected chi connectivity index (χ2v) is 7.76. The summed E-state index contributed by atoms with van der Waals surface area (Å²) in [6.45, 7) is 4.32. The van der Waals surface area contributed by atoms with Gasteiger partial charge in [-0.25, -0.2) is 4.79 Å². The maximum absolute atomic E-state index is 12.9. The Labute approximate surface area is 164 Å². The minimum absolute atomic E-state index is 0.247. The number of aliphatic hydroxyl groups is 1. The van der Waals surface area contributed by atoms with Crippen molar-refractivity contribution in [3.63, 3.8) is 0 Å². The lowest BCUT2D eigenvalue weighted by molar-refractivity contribution is -0.130. The zero-order valence-electron chi connectivity index (χ0n) is 16.3. The Kier molecular flexibility index (Phi) is 5.47. The number of benzene rings is 1. The van der Waals surface area contributed by atoms with E-state index in [4.69, 9.17) is 9.47 Å². The number of aliphatic hydroxyl groups excluding tert-OH is 1. The number of piperidine rings is 1. The Balaban J connectivity index is 1.83. The first-order valence-electron chi connectivity index (χ1n) is 9.31. The number of ether oxygens (including phenoxy) is 2. The number of hydrogen-bond acceptors (Lipinski definition) is 6. The summed E-state index contributed by atoms with van der Waals surface area (Å²) in [6.07, 6.45) is -0.107. The number of amides is 2. The van der Waals surface area contributed by atoms with Gasteiger partial charge in [0.15, 0.2) is 0 Å². The van der Waals surface area contributed by atoms with Crippen molar-refractivity contribution in [3.8, 4) is 11.8 Å². The van der Waals surface area contributed by atoms with E-state index in [1.807, 2.05) is 0 Å². The molecule has 0 saturated carbocycles. The molecule has 28 heavy (non-hydrogen) atoms. The van der Waals surface area contributed by atoms with Gasteiger partial charge in [-0.3, -0.25) is 4.79 Å². The minimum Gasteiger partial charge on any atom is -0.485 e. The van der Waals surface area contributed by atoms with E-state index in [0.29, 0.717) is 36.3 Å². The third kappa shape index (κ3) is 3.76. The molecule has 150 valence electrons. The standard InChI is InChI=1S/C20H25N3O5/c1-20(2)17(24)16(14-9-12(10-21)6-7-15(14)28-20)22-18(25)13-5-4-8-23(11-13)19(26)27-3/h6-7,9,13,16-17,24H,4-5,8,11H2,1-3H3,(H,22,25)/t13?,16-,17+/m1/s1. The summed E-state index contributed by atoms with van der Waals surface area (Å²) in [4.78, 5) is 26.2. The number of carbonyl (C=O) groups is 2. The molecule has 0 aliphatic carbocycles. The smallest absolute Gasteiger partial charge is 0.409 e. The molecule has 8 heteroatoms. The van der Waals surface area contributed by atoms with Crippen LogP contribution in [0.3, 0.4) is 0 Å². The van der Waals surface area contributed by atoms with Gasteiger partial charge in [-0.1, -0.05) is 0 Å². The Morgan fingerprint density at radius 1 is 1.43 bits per heavy atom. The Morgan fingerprint density at radius 3 is 2.86 bits per heavy atom. The van der Waals surface area contributed by atoms with Gasteiger partial charge in [-0.05, 0) is 44.9 Å². The Morgan fingerprint density at radius 2 is 2.18 bits per heavy atom. The summed E-state index contributed by atoms with van der Waals surface area (Å²) in [5, 5.41) is 22.9. The van der Waals surface area contributed by atoms with Gasteiger partial charge < -0.3 is 24.8 Å². The van der Waals surface area contributed by atoms with Crippen molar-refractivity contribution in [1.82, 2.24) is 10.2 Å². The van der Waals surface area contributed by atoms with Crippen LogP contribution < -0.4 is 10.1 Å². The van der Waals surface area contributed by atoms with Crippen LogP contribution in [0.1, 0.15) is 43.9 Å². The highest BCUT2D eigenvalue weighted by molar-refractivity contribution is 5.80. The normalized spacial score (nSPS) is 25.7. The van der Waals surface area contributed by atoms with Gasteiger partial charge in [0.2, 0.25) is 5.91 Å². The van der Waals surface area contributed by atoms with Crippen LogP contribution in [0.15, 0.2) is 18.2 Å². The van der Waals surface area contributed by atoms with Gasteiger partial charge in [-0.15, -0.1) is 0 Å². The second-order valence-electron chi connectivity index (χ2n) is 7.76. The molecular weight excluding hydrogens is 362 g/mol. The lowest BCUT2D eigenvalue weighted by atomic mass is 9.85. The summed E-state index contributed by atoms with van der Waals surface area (Å²) in [7, 11) is 1.32. The topological polar surface area (TPSA) is 112 Å². The summed E-state index contributed by atoms with van der Waals surface area (Å²) >= 11 is 0. The molecule has 2 N–H and O–H groups in total. The van der Waals surface area contributed by atoms with Gasteiger partial charge in [0, 0.05) is 18.7 Å². The first kappa shape index (κ1) is 20.0. The molecule has 0 aromatic heterocycles. The number of carbonyl (C=O) groups excluding carboxylic acids is 2. The molecule has 2 heterocycles. The molecule has 2 aliphatic rings. The van der Waals surface area contributed by atoms with Crippen LogP contribution in [-0.2, 0) is 9.53 Å². The van der Waals surface area contributed by atoms with Crippen LogP contribution in [0.5, 0.6) is 5.75 Å². The quantitative estimate of drug-likeness (QED) is 0.799. The molecule has 0 spiro atoms. The van der Waals surface area contributed by atoms with Crippen molar-refractivity contribution in [2.24, 2.45) is 5.92 Å². The van der Waals surface area contributed by atoms with Crippen molar-refractivity contribution in [2.75, 3.05) is 20.2 Å². The van der Waals surface area contributed by atoms with Crippen LogP contribution in [0.4, 0.5) is 4.79 Å². The molecule has 3 rings (SSSR count). The van der Waals surface area contributed by atoms with E-state index in [2.05, 4.69) is 11.4 Å². The molecule has 8 nitrogen and oxygen atoms in total. The first-order chi connectivity index (χ1) is 13.3. The molecule has 0 radical (unpaired) electrons. The molecule has 2 aliphatic heterocycles.